The number of carbonyl (C=O) groups excluding carboxylic acids is 1. The minimum absolute atomic E-state index is 0.217. The molecule has 2 rings (SSSR count). The molecule has 0 heterocycles. The first kappa shape index (κ1) is 15.2. The first-order valence-electron chi connectivity index (χ1n) is 6.51. The number of ether oxygens (including phenoxy) is 1. The average molecular weight is 305 g/mol. The highest BCUT2D eigenvalue weighted by Gasteiger charge is 2.16. The molecule has 1 unspecified atom stereocenters. The van der Waals surface area contributed by atoms with Gasteiger partial charge in [0.25, 0.3) is 5.91 Å². The van der Waals surface area contributed by atoms with E-state index in [1.807, 2.05) is 31.2 Å². The topological polar surface area (TPSA) is 64.3 Å². The SMILES string of the molecule is COc1ccccc1C(C)NC(=O)c1cc(N)ccc1Cl. The van der Waals surface area contributed by atoms with Crippen LogP contribution in [0, 0.1) is 0 Å². The second-order valence-corrected chi connectivity index (χ2v) is 5.08. The van der Waals surface area contributed by atoms with Gasteiger partial charge < -0.3 is 15.8 Å². The average Bonchev–Trinajstić information content (AvgIpc) is 2.49. The molecule has 0 aliphatic heterocycles. The Morgan fingerprint density at radius 2 is 2.00 bits per heavy atom. The number of nitrogens with two attached hydrogens (primary N) is 1. The minimum atomic E-state index is -0.272. The Bertz CT molecular complexity index is 658. The number of benzene rings is 2. The Balaban J connectivity index is 2.21. The summed E-state index contributed by atoms with van der Waals surface area (Å²) in [6.45, 7) is 1.88. The third-order valence-electron chi connectivity index (χ3n) is 3.19. The summed E-state index contributed by atoms with van der Waals surface area (Å²) < 4.78 is 5.30. The fraction of sp³-hybridized carbons (Fsp3) is 0.188. The lowest BCUT2D eigenvalue weighted by atomic mass is 10.1. The van der Waals surface area contributed by atoms with E-state index in [0.717, 1.165) is 11.3 Å². The zero-order chi connectivity index (χ0) is 15.4. The maximum absolute atomic E-state index is 12.3. The summed E-state index contributed by atoms with van der Waals surface area (Å²) in [5.74, 6) is 0.453. The lowest BCUT2D eigenvalue weighted by Gasteiger charge is -2.17. The fourth-order valence-electron chi connectivity index (χ4n) is 2.09. The Morgan fingerprint density at radius 1 is 1.29 bits per heavy atom. The Morgan fingerprint density at radius 3 is 2.71 bits per heavy atom. The summed E-state index contributed by atoms with van der Waals surface area (Å²) in [7, 11) is 1.60. The van der Waals surface area contributed by atoms with Crippen LogP contribution >= 0.6 is 11.6 Å². The molecule has 0 spiro atoms. The molecule has 110 valence electrons. The molecular weight excluding hydrogens is 288 g/mol. The molecule has 0 radical (unpaired) electrons. The predicted molar refractivity (Wildman–Crippen MR) is 84.7 cm³/mol. The summed E-state index contributed by atoms with van der Waals surface area (Å²) in [6.07, 6.45) is 0. The van der Waals surface area contributed by atoms with Crippen LogP contribution in [0.2, 0.25) is 5.02 Å². The fourth-order valence-corrected chi connectivity index (χ4v) is 2.30. The third-order valence-corrected chi connectivity index (χ3v) is 3.52. The smallest absolute Gasteiger partial charge is 0.253 e. The van der Waals surface area contributed by atoms with E-state index in [0.29, 0.717) is 16.3 Å². The quantitative estimate of drug-likeness (QED) is 0.851. The second-order valence-electron chi connectivity index (χ2n) is 4.68. The zero-order valence-corrected chi connectivity index (χ0v) is 12.6. The number of para-hydroxylation sites is 1. The molecule has 3 N–H and O–H groups in total. The van der Waals surface area contributed by atoms with Gasteiger partial charge in [-0.15, -0.1) is 0 Å². The molecule has 2 aromatic carbocycles. The van der Waals surface area contributed by atoms with Crippen molar-refractivity contribution in [2.24, 2.45) is 0 Å². The number of halogens is 1. The molecule has 4 nitrogen and oxygen atoms in total. The van der Waals surface area contributed by atoms with Crippen LogP contribution in [0.25, 0.3) is 0 Å². The van der Waals surface area contributed by atoms with Crippen molar-refractivity contribution in [2.75, 3.05) is 12.8 Å². The Labute approximate surface area is 128 Å². The first-order chi connectivity index (χ1) is 10.0. The molecule has 2 aromatic rings. The minimum Gasteiger partial charge on any atom is -0.496 e. The number of hydrogen-bond acceptors (Lipinski definition) is 3. The van der Waals surface area contributed by atoms with Crippen molar-refractivity contribution >= 4 is 23.2 Å². The summed E-state index contributed by atoms with van der Waals surface area (Å²) in [4.78, 5) is 12.3. The predicted octanol–water partition coefficient (Wildman–Crippen LogP) is 3.42. The number of anilines is 1. The van der Waals surface area contributed by atoms with Crippen LogP contribution in [0.15, 0.2) is 42.5 Å². The summed E-state index contributed by atoms with van der Waals surface area (Å²) in [5.41, 5.74) is 7.45. The molecule has 0 aromatic heterocycles. The van der Waals surface area contributed by atoms with Gasteiger partial charge in [0, 0.05) is 11.3 Å². The van der Waals surface area contributed by atoms with E-state index in [9.17, 15) is 4.79 Å². The molecule has 0 aliphatic carbocycles. The second kappa shape index (κ2) is 6.50. The molecule has 0 saturated heterocycles. The van der Waals surface area contributed by atoms with Gasteiger partial charge in [0.2, 0.25) is 0 Å². The van der Waals surface area contributed by atoms with Crippen LogP contribution in [-0.4, -0.2) is 13.0 Å². The normalized spacial score (nSPS) is 11.8. The van der Waals surface area contributed by atoms with Crippen LogP contribution in [0.3, 0.4) is 0 Å². The molecule has 21 heavy (non-hydrogen) atoms. The molecule has 5 heteroatoms. The van der Waals surface area contributed by atoms with Gasteiger partial charge in [-0.05, 0) is 31.2 Å². The van der Waals surface area contributed by atoms with E-state index in [1.54, 1.807) is 25.3 Å². The van der Waals surface area contributed by atoms with Gasteiger partial charge in [-0.2, -0.15) is 0 Å². The van der Waals surface area contributed by atoms with E-state index < -0.39 is 0 Å². The largest absolute Gasteiger partial charge is 0.496 e. The maximum atomic E-state index is 12.3. The van der Waals surface area contributed by atoms with Gasteiger partial charge in [-0.3, -0.25) is 4.79 Å². The maximum Gasteiger partial charge on any atom is 0.253 e. The summed E-state index contributed by atoms with van der Waals surface area (Å²) >= 11 is 6.04. The molecular formula is C16H17ClN2O2. The van der Waals surface area contributed by atoms with Crippen molar-refractivity contribution in [3.05, 3.63) is 58.6 Å². The van der Waals surface area contributed by atoms with Crippen LogP contribution in [0.1, 0.15) is 28.9 Å². The van der Waals surface area contributed by atoms with E-state index in [-0.39, 0.29) is 11.9 Å². The highest BCUT2D eigenvalue weighted by molar-refractivity contribution is 6.34. The van der Waals surface area contributed by atoms with Crippen molar-refractivity contribution in [2.45, 2.75) is 13.0 Å². The van der Waals surface area contributed by atoms with E-state index in [1.165, 1.54) is 0 Å². The van der Waals surface area contributed by atoms with Gasteiger partial charge in [0.1, 0.15) is 5.75 Å². The summed E-state index contributed by atoms with van der Waals surface area (Å²) in [6, 6.07) is 12.1. The van der Waals surface area contributed by atoms with Gasteiger partial charge >= 0.3 is 0 Å². The lowest BCUT2D eigenvalue weighted by molar-refractivity contribution is 0.0939. The van der Waals surface area contributed by atoms with Crippen molar-refractivity contribution in [1.82, 2.24) is 5.32 Å². The molecule has 1 atom stereocenters. The molecule has 0 aliphatic rings. The van der Waals surface area contributed by atoms with Gasteiger partial charge in [0.05, 0.1) is 23.7 Å². The van der Waals surface area contributed by atoms with E-state index in [4.69, 9.17) is 22.1 Å². The molecule has 1 amide bonds. The first-order valence-corrected chi connectivity index (χ1v) is 6.89. The molecule has 0 bridgehead atoms. The number of carbonyl (C=O) groups is 1. The van der Waals surface area contributed by atoms with Crippen LogP contribution < -0.4 is 15.8 Å². The van der Waals surface area contributed by atoms with Crippen LogP contribution in [0.5, 0.6) is 5.75 Å². The zero-order valence-electron chi connectivity index (χ0n) is 11.9. The highest BCUT2D eigenvalue weighted by atomic mass is 35.5. The van der Waals surface area contributed by atoms with Gasteiger partial charge in [-0.1, -0.05) is 29.8 Å². The number of nitrogens with one attached hydrogen (secondary N) is 1. The van der Waals surface area contributed by atoms with Crippen LogP contribution in [-0.2, 0) is 0 Å². The van der Waals surface area contributed by atoms with Crippen molar-refractivity contribution in [1.29, 1.82) is 0 Å². The van der Waals surface area contributed by atoms with Crippen molar-refractivity contribution in [3.8, 4) is 5.75 Å². The number of nitrogen functional groups attached to an aromatic ring is 1. The Hall–Kier alpha value is -2.20. The highest BCUT2D eigenvalue weighted by Crippen LogP contribution is 2.25. The number of hydrogen-bond donors (Lipinski definition) is 2. The number of methoxy groups -OCH3 is 1. The van der Waals surface area contributed by atoms with E-state index in [2.05, 4.69) is 5.32 Å². The molecule has 0 fully saturated rings. The Kier molecular flexibility index (Phi) is 4.70. The summed E-state index contributed by atoms with van der Waals surface area (Å²) in [5, 5.41) is 3.27. The molecule has 0 saturated carbocycles. The third kappa shape index (κ3) is 3.47. The standard InChI is InChI=1S/C16H17ClN2O2/c1-10(12-5-3-4-6-15(12)21-2)19-16(20)13-9-11(18)7-8-14(13)17/h3-10H,18H2,1-2H3,(H,19,20). The van der Waals surface area contributed by atoms with E-state index >= 15 is 0 Å². The number of amides is 1. The number of rotatable bonds is 4. The van der Waals surface area contributed by atoms with Crippen molar-refractivity contribution in [3.63, 3.8) is 0 Å². The van der Waals surface area contributed by atoms with Gasteiger partial charge in [0.15, 0.2) is 0 Å². The van der Waals surface area contributed by atoms with Crippen molar-refractivity contribution < 1.29 is 9.53 Å². The monoisotopic (exact) mass is 304 g/mol. The van der Waals surface area contributed by atoms with Gasteiger partial charge in [-0.25, -0.2) is 0 Å². The van der Waals surface area contributed by atoms with Crippen LogP contribution in [0.4, 0.5) is 5.69 Å². The lowest BCUT2D eigenvalue weighted by Crippen LogP contribution is -2.27.